The molecule has 13 nitrogen and oxygen atoms in total. The molecule has 1 atom stereocenters. The number of alkyl halides is 3. The van der Waals surface area contributed by atoms with Crippen molar-refractivity contribution in [3.63, 3.8) is 0 Å². The van der Waals surface area contributed by atoms with Gasteiger partial charge in [-0.1, -0.05) is 12.1 Å². The van der Waals surface area contributed by atoms with E-state index in [0.717, 1.165) is 0 Å². The Balaban J connectivity index is 1.65. The Morgan fingerprint density at radius 1 is 0.976 bits per heavy atom. The lowest BCUT2D eigenvalue weighted by Crippen LogP contribution is -2.42. The van der Waals surface area contributed by atoms with Crippen LogP contribution in [0.4, 0.5) is 13.2 Å². The number of nitrogen functional groups attached to an aromatic ring is 1. The van der Waals surface area contributed by atoms with Crippen molar-refractivity contribution in [2.45, 2.75) is 18.6 Å². The minimum absolute atomic E-state index is 0.114. The summed E-state index contributed by atoms with van der Waals surface area (Å²) < 4.78 is 47.1. The van der Waals surface area contributed by atoms with Gasteiger partial charge < -0.3 is 25.3 Å². The van der Waals surface area contributed by atoms with Crippen molar-refractivity contribution in [1.29, 1.82) is 5.41 Å². The number of aliphatic carboxylic acids is 1. The Hall–Kier alpha value is -5.67. The maximum atomic E-state index is 12.6. The summed E-state index contributed by atoms with van der Waals surface area (Å²) in [7, 11) is 0. The molecule has 0 radical (unpaired) electrons. The highest BCUT2D eigenvalue weighted by Crippen LogP contribution is 2.24. The molecular weight excluding hydrogens is 559 g/mol. The van der Waals surface area contributed by atoms with Crippen molar-refractivity contribution in [1.82, 2.24) is 5.32 Å². The van der Waals surface area contributed by atoms with Crippen LogP contribution in [0.5, 0.6) is 5.75 Å². The molecule has 0 aliphatic rings. The summed E-state index contributed by atoms with van der Waals surface area (Å²) in [6, 6.07) is 12.0. The van der Waals surface area contributed by atoms with Gasteiger partial charge in [0.15, 0.2) is 0 Å². The second-order valence-electron chi connectivity index (χ2n) is 7.96. The summed E-state index contributed by atoms with van der Waals surface area (Å²) >= 11 is 0. The highest BCUT2D eigenvalue weighted by molar-refractivity contribution is 5.98. The van der Waals surface area contributed by atoms with Gasteiger partial charge in [0, 0.05) is 16.7 Å². The zero-order valence-corrected chi connectivity index (χ0v) is 20.4. The first-order valence-corrected chi connectivity index (χ1v) is 11.1. The fourth-order valence-corrected chi connectivity index (χ4v) is 3.05. The van der Waals surface area contributed by atoms with Crippen LogP contribution in [0.15, 0.2) is 65.1 Å². The predicted octanol–water partition coefficient (Wildman–Crippen LogP) is 2.59. The number of nitrogens with two attached hydrogens (primary N) is 1. The SMILES string of the molecule is N=C(N)c1ccc(OC(=O)c2ccc(-c3cccc(C(=O)N[C@@H](CC(=O)OOC(=O)C(F)(F)F)C(=O)O)c3)o2)cc1. The Bertz CT molecular complexity index is 1500. The van der Waals surface area contributed by atoms with Gasteiger partial charge in [0.05, 0.1) is 6.42 Å². The summed E-state index contributed by atoms with van der Waals surface area (Å²) in [5.74, 6) is -8.17. The van der Waals surface area contributed by atoms with E-state index < -0.39 is 48.4 Å². The number of furan rings is 1. The van der Waals surface area contributed by atoms with E-state index in [-0.39, 0.29) is 34.2 Å². The zero-order valence-electron chi connectivity index (χ0n) is 20.4. The predicted molar refractivity (Wildman–Crippen MR) is 128 cm³/mol. The number of nitrogens with one attached hydrogen (secondary N) is 2. The number of ether oxygens (including phenoxy) is 1. The van der Waals surface area contributed by atoms with Crippen molar-refractivity contribution >= 4 is 35.6 Å². The molecule has 0 spiro atoms. The van der Waals surface area contributed by atoms with E-state index in [0.29, 0.717) is 5.56 Å². The molecule has 2 aromatic carbocycles. The molecular formula is C25H18F3N3O10. The lowest BCUT2D eigenvalue weighted by molar-refractivity contribution is -0.286. The summed E-state index contributed by atoms with van der Waals surface area (Å²) in [6.45, 7) is 0. The zero-order chi connectivity index (χ0) is 30.3. The molecule has 5 N–H and O–H groups in total. The van der Waals surface area contributed by atoms with Gasteiger partial charge in [0.1, 0.15) is 23.4 Å². The Labute approximate surface area is 227 Å². The molecule has 214 valence electrons. The van der Waals surface area contributed by atoms with Crippen molar-refractivity contribution in [2.75, 3.05) is 0 Å². The van der Waals surface area contributed by atoms with Crippen LogP contribution in [0.25, 0.3) is 11.3 Å². The van der Waals surface area contributed by atoms with E-state index in [1.165, 1.54) is 60.7 Å². The van der Waals surface area contributed by atoms with Crippen molar-refractivity contribution in [3.8, 4) is 17.1 Å². The third-order valence-corrected chi connectivity index (χ3v) is 5.01. The molecule has 1 aromatic heterocycles. The number of carboxylic acids is 1. The first kappa shape index (κ1) is 29.9. The van der Waals surface area contributed by atoms with Crippen LogP contribution in [0.3, 0.4) is 0 Å². The van der Waals surface area contributed by atoms with Gasteiger partial charge in [-0.15, -0.1) is 0 Å². The summed E-state index contributed by atoms with van der Waals surface area (Å²) in [5.41, 5.74) is 5.97. The van der Waals surface area contributed by atoms with Crippen molar-refractivity contribution in [3.05, 3.63) is 77.6 Å². The fraction of sp³-hybridized carbons (Fsp3) is 0.120. The van der Waals surface area contributed by atoms with Crippen LogP contribution in [0.2, 0.25) is 0 Å². The summed E-state index contributed by atoms with van der Waals surface area (Å²) in [6.07, 6.45) is -6.63. The van der Waals surface area contributed by atoms with Gasteiger partial charge >= 0.3 is 30.1 Å². The first-order valence-electron chi connectivity index (χ1n) is 11.1. The minimum Gasteiger partial charge on any atom is -0.480 e. The monoisotopic (exact) mass is 577 g/mol. The highest BCUT2D eigenvalue weighted by atomic mass is 19.4. The maximum absolute atomic E-state index is 12.6. The van der Waals surface area contributed by atoms with E-state index in [1.54, 1.807) is 0 Å². The lowest BCUT2D eigenvalue weighted by atomic mass is 10.1. The second kappa shape index (κ2) is 12.5. The van der Waals surface area contributed by atoms with Crippen LogP contribution in [0, 0.1) is 5.41 Å². The summed E-state index contributed by atoms with van der Waals surface area (Å²) in [5, 5.41) is 18.6. The fourth-order valence-electron chi connectivity index (χ4n) is 3.05. The minimum atomic E-state index is -5.45. The molecule has 16 heteroatoms. The Morgan fingerprint density at radius 3 is 2.27 bits per heavy atom. The van der Waals surface area contributed by atoms with E-state index in [4.69, 9.17) is 20.3 Å². The summed E-state index contributed by atoms with van der Waals surface area (Å²) in [4.78, 5) is 65.7. The molecule has 0 saturated heterocycles. The van der Waals surface area contributed by atoms with Crippen molar-refractivity contribution in [2.24, 2.45) is 5.73 Å². The van der Waals surface area contributed by atoms with Crippen LogP contribution in [0.1, 0.15) is 32.9 Å². The second-order valence-corrected chi connectivity index (χ2v) is 7.96. The standard InChI is InChI=1S/C25H18F3N3O10/c26-25(27,28)24(37)41-40-19(32)11-16(22(34)35)31-21(33)14-3-1-2-13(10-14)17-8-9-18(39-17)23(36)38-15-6-4-12(5-7-15)20(29)30/h1-10,16H,11H2,(H3,29,30)(H,31,33)(H,34,35)/t16-/m0/s1. The molecule has 0 bridgehead atoms. The largest absolute Gasteiger partial charge is 0.495 e. The van der Waals surface area contributed by atoms with Crippen LogP contribution >= 0.6 is 0 Å². The molecule has 1 amide bonds. The number of carbonyl (C=O) groups is 5. The number of hydrogen-bond donors (Lipinski definition) is 4. The average Bonchev–Trinajstić information content (AvgIpc) is 3.42. The van der Waals surface area contributed by atoms with Crippen LogP contribution < -0.4 is 15.8 Å². The number of rotatable bonds is 9. The number of amides is 1. The number of hydrogen-bond acceptors (Lipinski definition) is 10. The van der Waals surface area contributed by atoms with Gasteiger partial charge in [0.2, 0.25) is 5.76 Å². The number of esters is 1. The van der Waals surface area contributed by atoms with Gasteiger partial charge in [-0.05, 0) is 48.5 Å². The molecule has 0 aliphatic heterocycles. The number of benzene rings is 2. The normalized spacial score (nSPS) is 11.6. The van der Waals surface area contributed by atoms with E-state index in [2.05, 4.69) is 9.78 Å². The van der Waals surface area contributed by atoms with Crippen molar-refractivity contribution < 1.29 is 61.2 Å². The van der Waals surface area contributed by atoms with E-state index in [1.807, 2.05) is 5.32 Å². The van der Waals surface area contributed by atoms with E-state index >= 15 is 0 Å². The molecule has 0 aliphatic carbocycles. The Morgan fingerprint density at radius 2 is 1.66 bits per heavy atom. The van der Waals surface area contributed by atoms with Gasteiger partial charge in [0.25, 0.3) is 5.91 Å². The molecule has 1 heterocycles. The molecule has 3 aromatic rings. The first-order chi connectivity index (χ1) is 19.2. The third-order valence-electron chi connectivity index (χ3n) is 5.01. The molecule has 0 saturated carbocycles. The highest BCUT2D eigenvalue weighted by Gasteiger charge is 2.43. The molecule has 0 fully saturated rings. The smallest absolute Gasteiger partial charge is 0.480 e. The van der Waals surface area contributed by atoms with E-state index in [9.17, 15) is 42.3 Å². The number of carboxylic acid groups (broad SMARTS) is 1. The molecule has 3 rings (SSSR count). The third kappa shape index (κ3) is 8.16. The number of halogens is 3. The van der Waals surface area contributed by atoms with Gasteiger partial charge in [-0.3, -0.25) is 10.2 Å². The van der Waals surface area contributed by atoms with Crippen LogP contribution in [-0.4, -0.2) is 52.9 Å². The van der Waals surface area contributed by atoms with Crippen LogP contribution in [-0.2, 0) is 24.2 Å². The average molecular weight is 577 g/mol. The van der Waals surface area contributed by atoms with Gasteiger partial charge in [-0.25, -0.2) is 29.0 Å². The number of carbonyl (C=O) groups excluding carboxylic acids is 4. The topological polar surface area (TPSA) is 208 Å². The quantitative estimate of drug-likeness (QED) is 0.0725. The number of amidine groups is 1. The lowest BCUT2D eigenvalue weighted by Gasteiger charge is -2.14. The molecule has 41 heavy (non-hydrogen) atoms. The van der Waals surface area contributed by atoms with Gasteiger partial charge in [-0.2, -0.15) is 13.2 Å². The Kier molecular flexibility index (Phi) is 9.08. The molecule has 0 unspecified atom stereocenters. The maximum Gasteiger partial charge on any atom is 0.495 e.